The SMILES string of the molecule is Nc1ccc(Br)cc1C(=O)Nc1c(Cl)cc(Cl)cc1Cl. The molecule has 0 aliphatic carbocycles. The number of anilines is 2. The average molecular weight is 394 g/mol. The van der Waals surface area contributed by atoms with Crippen LogP contribution in [0.4, 0.5) is 11.4 Å². The van der Waals surface area contributed by atoms with Gasteiger partial charge < -0.3 is 11.1 Å². The van der Waals surface area contributed by atoms with Crippen molar-refractivity contribution in [3.8, 4) is 0 Å². The molecule has 2 aromatic carbocycles. The van der Waals surface area contributed by atoms with Crippen LogP contribution in [0.1, 0.15) is 10.4 Å². The second-order valence-corrected chi connectivity index (χ2v) is 6.10. The number of halogens is 4. The molecule has 2 aromatic rings. The summed E-state index contributed by atoms with van der Waals surface area (Å²) in [7, 11) is 0. The van der Waals surface area contributed by atoms with E-state index < -0.39 is 5.91 Å². The van der Waals surface area contributed by atoms with Gasteiger partial charge in [0.2, 0.25) is 0 Å². The normalized spacial score (nSPS) is 10.4. The molecular weight excluding hydrogens is 386 g/mol. The van der Waals surface area contributed by atoms with Crippen LogP contribution in [0.25, 0.3) is 0 Å². The van der Waals surface area contributed by atoms with Crippen LogP contribution in [0.5, 0.6) is 0 Å². The van der Waals surface area contributed by atoms with Crippen LogP contribution in [0.15, 0.2) is 34.8 Å². The summed E-state index contributed by atoms with van der Waals surface area (Å²) in [5, 5.41) is 3.52. The molecule has 0 spiro atoms. The molecule has 0 fully saturated rings. The van der Waals surface area contributed by atoms with E-state index in [0.29, 0.717) is 22.0 Å². The number of carbonyl (C=O) groups is 1. The van der Waals surface area contributed by atoms with Gasteiger partial charge in [-0.05, 0) is 30.3 Å². The Labute approximate surface area is 139 Å². The molecule has 20 heavy (non-hydrogen) atoms. The van der Waals surface area contributed by atoms with Gasteiger partial charge in [-0.15, -0.1) is 0 Å². The van der Waals surface area contributed by atoms with Gasteiger partial charge in [-0.3, -0.25) is 4.79 Å². The summed E-state index contributed by atoms with van der Waals surface area (Å²) in [5.41, 5.74) is 6.74. The average Bonchev–Trinajstić information content (AvgIpc) is 2.36. The molecule has 3 N–H and O–H groups in total. The summed E-state index contributed by atoms with van der Waals surface area (Å²) < 4.78 is 0.741. The van der Waals surface area contributed by atoms with Crippen molar-refractivity contribution in [3.05, 3.63) is 55.4 Å². The van der Waals surface area contributed by atoms with E-state index in [1.54, 1.807) is 18.2 Å². The maximum absolute atomic E-state index is 12.2. The van der Waals surface area contributed by atoms with Crippen LogP contribution in [0.2, 0.25) is 15.1 Å². The molecule has 104 valence electrons. The molecule has 1 amide bonds. The quantitative estimate of drug-likeness (QED) is 0.684. The van der Waals surface area contributed by atoms with Gasteiger partial charge in [0.25, 0.3) is 5.91 Å². The smallest absolute Gasteiger partial charge is 0.257 e. The van der Waals surface area contributed by atoms with Crippen molar-refractivity contribution < 1.29 is 4.79 Å². The van der Waals surface area contributed by atoms with Crippen molar-refractivity contribution in [2.75, 3.05) is 11.1 Å². The largest absolute Gasteiger partial charge is 0.398 e. The molecular formula is C13H8BrCl3N2O. The summed E-state index contributed by atoms with van der Waals surface area (Å²) in [6.45, 7) is 0. The van der Waals surface area contributed by atoms with Crippen LogP contribution < -0.4 is 11.1 Å². The predicted molar refractivity (Wildman–Crippen MR) is 88.0 cm³/mol. The Morgan fingerprint density at radius 3 is 2.30 bits per heavy atom. The second-order valence-electron chi connectivity index (χ2n) is 3.93. The number of nitrogens with one attached hydrogen (secondary N) is 1. The van der Waals surface area contributed by atoms with Crippen LogP contribution in [0.3, 0.4) is 0 Å². The van der Waals surface area contributed by atoms with E-state index in [9.17, 15) is 4.79 Å². The van der Waals surface area contributed by atoms with E-state index >= 15 is 0 Å². The van der Waals surface area contributed by atoms with Crippen LogP contribution in [-0.4, -0.2) is 5.91 Å². The highest BCUT2D eigenvalue weighted by Crippen LogP contribution is 2.34. The van der Waals surface area contributed by atoms with E-state index in [0.717, 1.165) is 4.47 Å². The van der Waals surface area contributed by atoms with Crippen molar-refractivity contribution >= 4 is 68.0 Å². The minimum absolute atomic E-state index is 0.254. The third-order valence-corrected chi connectivity index (χ3v) is 3.81. The molecule has 0 aliphatic heterocycles. The fraction of sp³-hybridized carbons (Fsp3) is 0. The molecule has 0 aliphatic rings. The Bertz CT molecular complexity index is 668. The minimum atomic E-state index is -0.407. The highest BCUT2D eigenvalue weighted by atomic mass is 79.9. The molecule has 0 atom stereocenters. The summed E-state index contributed by atoms with van der Waals surface area (Å²) in [5.74, 6) is -0.407. The van der Waals surface area contributed by atoms with E-state index in [2.05, 4.69) is 21.2 Å². The molecule has 0 unspecified atom stereocenters. The molecule has 0 bridgehead atoms. The minimum Gasteiger partial charge on any atom is -0.398 e. The van der Waals surface area contributed by atoms with Crippen molar-refractivity contribution in [2.45, 2.75) is 0 Å². The van der Waals surface area contributed by atoms with E-state index in [1.807, 2.05) is 0 Å². The fourth-order valence-electron chi connectivity index (χ4n) is 1.57. The molecule has 0 aromatic heterocycles. The Hall–Kier alpha value is -0.940. The third-order valence-electron chi connectivity index (χ3n) is 2.51. The van der Waals surface area contributed by atoms with Crippen LogP contribution in [-0.2, 0) is 0 Å². The van der Waals surface area contributed by atoms with Gasteiger partial charge in [0, 0.05) is 15.2 Å². The second kappa shape index (κ2) is 6.22. The van der Waals surface area contributed by atoms with Crippen LogP contribution in [0, 0.1) is 0 Å². The van der Waals surface area contributed by atoms with Crippen molar-refractivity contribution in [1.29, 1.82) is 0 Å². The first-order valence-corrected chi connectivity index (χ1v) is 7.32. The number of amides is 1. The number of nitrogens with two attached hydrogens (primary N) is 1. The van der Waals surface area contributed by atoms with Crippen molar-refractivity contribution in [1.82, 2.24) is 0 Å². The van der Waals surface area contributed by atoms with Crippen molar-refractivity contribution in [2.24, 2.45) is 0 Å². The van der Waals surface area contributed by atoms with Gasteiger partial charge in [-0.1, -0.05) is 50.7 Å². The highest BCUT2D eigenvalue weighted by molar-refractivity contribution is 9.10. The summed E-state index contributed by atoms with van der Waals surface area (Å²) >= 11 is 21.1. The lowest BCUT2D eigenvalue weighted by Crippen LogP contribution is -2.14. The first-order valence-electron chi connectivity index (χ1n) is 5.39. The summed E-state index contributed by atoms with van der Waals surface area (Å²) in [6.07, 6.45) is 0. The Balaban J connectivity index is 2.35. The van der Waals surface area contributed by atoms with E-state index in [-0.39, 0.29) is 10.0 Å². The van der Waals surface area contributed by atoms with Gasteiger partial charge in [0.15, 0.2) is 0 Å². The predicted octanol–water partition coefficient (Wildman–Crippen LogP) is 5.24. The standard InChI is InChI=1S/C13H8BrCl3N2O/c14-6-1-2-11(18)8(3-6)13(20)19-12-9(16)4-7(15)5-10(12)17/h1-5H,18H2,(H,19,20). The lowest BCUT2D eigenvalue weighted by Gasteiger charge is -2.11. The van der Waals surface area contributed by atoms with Gasteiger partial charge in [-0.25, -0.2) is 0 Å². The maximum Gasteiger partial charge on any atom is 0.257 e. The highest BCUT2D eigenvalue weighted by Gasteiger charge is 2.15. The monoisotopic (exact) mass is 392 g/mol. The lowest BCUT2D eigenvalue weighted by molar-refractivity contribution is 0.102. The molecule has 3 nitrogen and oxygen atoms in total. The maximum atomic E-state index is 12.2. The summed E-state index contributed by atoms with van der Waals surface area (Å²) in [4.78, 5) is 12.2. The molecule has 0 saturated carbocycles. The van der Waals surface area contributed by atoms with E-state index in [1.165, 1.54) is 12.1 Å². The van der Waals surface area contributed by atoms with Crippen LogP contribution >= 0.6 is 50.7 Å². The number of rotatable bonds is 2. The number of carbonyl (C=O) groups excluding carboxylic acids is 1. The number of nitrogen functional groups attached to an aromatic ring is 1. The molecule has 7 heteroatoms. The van der Waals surface area contributed by atoms with Gasteiger partial charge in [0.1, 0.15) is 0 Å². The zero-order valence-electron chi connectivity index (χ0n) is 9.88. The lowest BCUT2D eigenvalue weighted by atomic mass is 10.1. The number of hydrogen-bond acceptors (Lipinski definition) is 2. The molecule has 0 radical (unpaired) electrons. The third kappa shape index (κ3) is 3.38. The first kappa shape index (κ1) is 15.4. The molecule has 0 saturated heterocycles. The van der Waals surface area contributed by atoms with Gasteiger partial charge in [0.05, 0.1) is 21.3 Å². The Kier molecular flexibility index (Phi) is 4.81. The molecule has 2 rings (SSSR count). The zero-order chi connectivity index (χ0) is 14.9. The fourth-order valence-corrected chi connectivity index (χ4v) is 2.84. The van der Waals surface area contributed by atoms with Crippen molar-refractivity contribution in [3.63, 3.8) is 0 Å². The first-order chi connectivity index (χ1) is 9.38. The number of benzene rings is 2. The van der Waals surface area contributed by atoms with Gasteiger partial charge >= 0.3 is 0 Å². The van der Waals surface area contributed by atoms with Gasteiger partial charge in [-0.2, -0.15) is 0 Å². The topological polar surface area (TPSA) is 55.1 Å². The zero-order valence-corrected chi connectivity index (χ0v) is 13.7. The Morgan fingerprint density at radius 1 is 1.10 bits per heavy atom. The number of hydrogen-bond donors (Lipinski definition) is 2. The Morgan fingerprint density at radius 2 is 1.70 bits per heavy atom. The molecule has 0 heterocycles. The summed E-state index contributed by atoms with van der Waals surface area (Å²) in [6, 6.07) is 7.98. The van der Waals surface area contributed by atoms with E-state index in [4.69, 9.17) is 40.5 Å².